The van der Waals surface area contributed by atoms with Gasteiger partial charge >= 0.3 is 0 Å². The maximum atomic E-state index is 10.2. The van der Waals surface area contributed by atoms with E-state index >= 15 is 0 Å². The normalized spacial score (nSPS) is 13.0. The average molecular weight is 417 g/mol. The Morgan fingerprint density at radius 1 is 1.35 bits per heavy atom. The van der Waals surface area contributed by atoms with Crippen molar-refractivity contribution < 1.29 is 5.11 Å². The molecule has 1 atom stereocenters. The van der Waals surface area contributed by atoms with Gasteiger partial charge in [0.1, 0.15) is 6.10 Å². The summed E-state index contributed by atoms with van der Waals surface area (Å²) in [6.07, 6.45) is -0.609. The highest BCUT2D eigenvalue weighted by molar-refractivity contribution is 9.10. The summed E-state index contributed by atoms with van der Waals surface area (Å²) in [4.78, 5) is 5.37. The minimum absolute atomic E-state index is 0.376. The van der Waals surface area contributed by atoms with Gasteiger partial charge in [-0.05, 0) is 36.8 Å². The zero-order valence-electron chi connectivity index (χ0n) is 12.7. The van der Waals surface area contributed by atoms with Gasteiger partial charge in [0.2, 0.25) is 0 Å². The smallest absolute Gasteiger partial charge is 0.191 e. The monoisotopic (exact) mass is 415 g/mol. The molecule has 3 N–H and O–H groups in total. The van der Waals surface area contributed by atoms with Gasteiger partial charge in [-0.25, -0.2) is 4.99 Å². The fraction of sp³-hybridized carbons (Fsp3) is 0.312. The molecule has 0 bridgehead atoms. The van der Waals surface area contributed by atoms with Gasteiger partial charge in [-0.2, -0.15) is 0 Å². The Labute approximate surface area is 153 Å². The molecule has 23 heavy (non-hydrogen) atoms. The summed E-state index contributed by atoms with van der Waals surface area (Å²) in [6.45, 7) is 3.70. The molecule has 2 aromatic rings. The summed E-state index contributed by atoms with van der Waals surface area (Å²) in [5.74, 6) is 0.675. The Hall–Kier alpha value is -1.08. The van der Waals surface area contributed by atoms with Gasteiger partial charge in [-0.3, -0.25) is 0 Å². The van der Waals surface area contributed by atoms with Crippen LogP contribution in [0.25, 0.3) is 0 Å². The van der Waals surface area contributed by atoms with E-state index in [1.807, 2.05) is 37.3 Å². The molecule has 0 radical (unpaired) electrons. The topological polar surface area (TPSA) is 56.7 Å². The highest BCUT2D eigenvalue weighted by Gasteiger charge is 2.10. The van der Waals surface area contributed by atoms with Crippen LogP contribution in [-0.2, 0) is 6.54 Å². The number of thiophene rings is 1. The van der Waals surface area contributed by atoms with Gasteiger partial charge in [-0.15, -0.1) is 11.3 Å². The van der Waals surface area contributed by atoms with E-state index < -0.39 is 6.10 Å². The minimum atomic E-state index is -0.609. The van der Waals surface area contributed by atoms with Crippen LogP contribution in [0, 0.1) is 0 Å². The van der Waals surface area contributed by atoms with E-state index in [1.54, 1.807) is 6.07 Å². The van der Waals surface area contributed by atoms with Gasteiger partial charge in [0.25, 0.3) is 0 Å². The predicted octanol–water partition coefficient (Wildman–Crippen LogP) is 3.95. The number of nitrogens with one attached hydrogen (secondary N) is 2. The minimum Gasteiger partial charge on any atom is -0.386 e. The van der Waals surface area contributed by atoms with Crippen LogP contribution in [0.2, 0.25) is 4.34 Å². The van der Waals surface area contributed by atoms with Crippen LogP contribution in [0.1, 0.15) is 23.5 Å². The molecule has 1 unspecified atom stereocenters. The number of aliphatic imine (C=N–C) groups is 1. The molecule has 4 nitrogen and oxygen atoms in total. The van der Waals surface area contributed by atoms with Crippen molar-refractivity contribution in [2.45, 2.75) is 19.6 Å². The predicted molar refractivity (Wildman–Crippen MR) is 101 cm³/mol. The molecule has 0 saturated heterocycles. The van der Waals surface area contributed by atoms with Crippen molar-refractivity contribution in [3.8, 4) is 0 Å². The van der Waals surface area contributed by atoms with E-state index in [1.165, 1.54) is 11.3 Å². The second kappa shape index (κ2) is 9.27. The molecule has 1 aromatic carbocycles. The number of benzene rings is 1. The molecule has 0 saturated carbocycles. The second-order valence-electron chi connectivity index (χ2n) is 4.86. The summed E-state index contributed by atoms with van der Waals surface area (Å²) >= 11 is 10.7. The summed E-state index contributed by atoms with van der Waals surface area (Å²) in [5, 5.41) is 16.5. The largest absolute Gasteiger partial charge is 0.386 e. The SMILES string of the molecule is CCNC(=NCc1cccc(Br)c1)NCC(O)c1ccc(Cl)s1. The molecule has 0 amide bonds. The van der Waals surface area contributed by atoms with Crippen LogP contribution in [-0.4, -0.2) is 24.2 Å². The number of rotatable bonds is 6. The van der Waals surface area contributed by atoms with Crippen molar-refractivity contribution in [1.29, 1.82) is 0 Å². The van der Waals surface area contributed by atoms with Crippen molar-refractivity contribution in [3.05, 3.63) is 55.6 Å². The number of hydrogen-bond acceptors (Lipinski definition) is 3. The van der Waals surface area contributed by atoms with Gasteiger partial charge in [0.05, 0.1) is 10.9 Å². The lowest BCUT2D eigenvalue weighted by Gasteiger charge is -2.14. The van der Waals surface area contributed by atoms with E-state index in [9.17, 15) is 5.11 Å². The summed E-state index contributed by atoms with van der Waals surface area (Å²) in [5.41, 5.74) is 1.11. The first-order valence-electron chi connectivity index (χ1n) is 7.28. The number of nitrogens with zero attached hydrogens (tertiary/aromatic N) is 1. The number of aliphatic hydroxyl groups excluding tert-OH is 1. The summed E-state index contributed by atoms with van der Waals surface area (Å²) < 4.78 is 1.71. The van der Waals surface area contributed by atoms with Gasteiger partial charge in [0, 0.05) is 22.4 Å². The first-order chi connectivity index (χ1) is 11.1. The van der Waals surface area contributed by atoms with Crippen molar-refractivity contribution in [2.24, 2.45) is 4.99 Å². The average Bonchev–Trinajstić information content (AvgIpc) is 2.96. The van der Waals surface area contributed by atoms with Crippen molar-refractivity contribution in [3.63, 3.8) is 0 Å². The van der Waals surface area contributed by atoms with Crippen molar-refractivity contribution in [1.82, 2.24) is 10.6 Å². The zero-order chi connectivity index (χ0) is 16.7. The summed E-state index contributed by atoms with van der Waals surface area (Å²) in [6, 6.07) is 11.7. The van der Waals surface area contributed by atoms with E-state index in [-0.39, 0.29) is 0 Å². The van der Waals surface area contributed by atoms with Crippen LogP contribution in [0.4, 0.5) is 0 Å². The fourth-order valence-electron chi connectivity index (χ4n) is 1.95. The molecule has 2 rings (SSSR count). The van der Waals surface area contributed by atoms with Crippen LogP contribution >= 0.6 is 38.9 Å². The Morgan fingerprint density at radius 2 is 2.17 bits per heavy atom. The molecule has 1 heterocycles. The third-order valence-corrected chi connectivity index (χ3v) is 4.86. The molecule has 0 fully saturated rings. The maximum Gasteiger partial charge on any atom is 0.191 e. The van der Waals surface area contributed by atoms with Gasteiger partial charge in [0.15, 0.2) is 5.96 Å². The number of aliphatic hydroxyl groups is 1. The first-order valence-corrected chi connectivity index (χ1v) is 9.27. The van der Waals surface area contributed by atoms with Crippen LogP contribution in [0.3, 0.4) is 0 Å². The lowest BCUT2D eigenvalue weighted by molar-refractivity contribution is 0.184. The first kappa shape index (κ1) is 18.3. The lowest BCUT2D eigenvalue weighted by atomic mass is 10.2. The molecule has 0 aliphatic carbocycles. The third-order valence-electron chi connectivity index (χ3n) is 3.04. The molecule has 1 aromatic heterocycles. The van der Waals surface area contributed by atoms with E-state index in [0.29, 0.717) is 23.4 Å². The molecule has 0 aliphatic rings. The Kier molecular flexibility index (Phi) is 7.36. The van der Waals surface area contributed by atoms with E-state index in [4.69, 9.17) is 11.6 Å². The number of guanidine groups is 1. The zero-order valence-corrected chi connectivity index (χ0v) is 15.9. The Morgan fingerprint density at radius 3 is 2.83 bits per heavy atom. The molecular formula is C16H19BrClN3OS. The number of hydrogen-bond donors (Lipinski definition) is 3. The van der Waals surface area contributed by atoms with Gasteiger partial charge in [-0.1, -0.05) is 39.7 Å². The Balaban J connectivity index is 1.93. The van der Waals surface area contributed by atoms with Crippen LogP contribution in [0.15, 0.2) is 45.9 Å². The fourth-order valence-corrected chi connectivity index (χ4v) is 3.44. The second-order valence-corrected chi connectivity index (χ2v) is 7.53. The highest BCUT2D eigenvalue weighted by atomic mass is 79.9. The standard InChI is InChI=1S/C16H19BrClN3OS/c1-2-19-16(20-9-11-4-3-5-12(17)8-11)21-10-13(22)14-6-7-15(18)23-14/h3-8,13,22H,2,9-10H2,1H3,(H2,19,20,21). The third kappa shape index (κ3) is 6.14. The lowest BCUT2D eigenvalue weighted by Crippen LogP contribution is -2.39. The van der Waals surface area contributed by atoms with E-state index in [0.717, 1.165) is 21.5 Å². The van der Waals surface area contributed by atoms with Gasteiger partial charge < -0.3 is 15.7 Å². The van der Waals surface area contributed by atoms with Crippen molar-refractivity contribution >= 4 is 44.8 Å². The van der Waals surface area contributed by atoms with Crippen LogP contribution < -0.4 is 10.6 Å². The quantitative estimate of drug-likeness (QED) is 0.493. The molecule has 0 aliphatic heterocycles. The number of halogens is 2. The maximum absolute atomic E-state index is 10.2. The van der Waals surface area contributed by atoms with Crippen molar-refractivity contribution in [2.75, 3.05) is 13.1 Å². The highest BCUT2D eigenvalue weighted by Crippen LogP contribution is 2.26. The Bertz CT molecular complexity index is 662. The molecule has 7 heteroatoms. The van der Waals surface area contributed by atoms with E-state index in [2.05, 4.69) is 31.6 Å². The molecular weight excluding hydrogens is 398 g/mol. The van der Waals surface area contributed by atoms with Crippen LogP contribution in [0.5, 0.6) is 0 Å². The molecule has 0 spiro atoms. The summed E-state index contributed by atoms with van der Waals surface area (Å²) in [7, 11) is 0. The molecule has 124 valence electrons.